The first kappa shape index (κ1) is 14.7. The van der Waals surface area contributed by atoms with E-state index >= 15 is 0 Å². The highest BCUT2D eigenvalue weighted by Gasteiger charge is 2.45. The second-order valence-corrected chi connectivity index (χ2v) is 6.70. The molecule has 2 fully saturated rings. The summed E-state index contributed by atoms with van der Waals surface area (Å²) in [4.78, 5) is 18.4. The number of likely N-dealkylation sites (tertiary alicyclic amines) is 1. The highest BCUT2D eigenvalue weighted by molar-refractivity contribution is 7.03. The summed E-state index contributed by atoms with van der Waals surface area (Å²) in [6.45, 7) is 3.15. The monoisotopic (exact) mass is 335 g/mol. The summed E-state index contributed by atoms with van der Waals surface area (Å²) in [6, 6.07) is 0. The van der Waals surface area contributed by atoms with Crippen LogP contribution < -0.4 is 0 Å². The number of amides is 1. The quantitative estimate of drug-likeness (QED) is 0.825. The van der Waals surface area contributed by atoms with Crippen LogP contribution in [0.2, 0.25) is 0 Å². The van der Waals surface area contributed by atoms with E-state index in [1.165, 1.54) is 11.5 Å². The van der Waals surface area contributed by atoms with Crippen molar-refractivity contribution in [1.29, 1.82) is 0 Å². The molecule has 2 saturated heterocycles. The zero-order valence-corrected chi connectivity index (χ0v) is 13.6. The molecule has 8 nitrogen and oxygen atoms in total. The van der Waals surface area contributed by atoms with Gasteiger partial charge in [-0.25, -0.2) is 0 Å². The summed E-state index contributed by atoms with van der Waals surface area (Å²) in [6.07, 6.45) is 3.35. The van der Waals surface area contributed by atoms with Gasteiger partial charge in [0.05, 0.1) is 5.60 Å². The average Bonchev–Trinajstić information content (AvgIpc) is 3.28. The summed E-state index contributed by atoms with van der Waals surface area (Å²) in [5, 5.41) is 9.37. The molecule has 23 heavy (non-hydrogen) atoms. The minimum Gasteiger partial charge on any atom is -0.362 e. The fourth-order valence-corrected chi connectivity index (χ4v) is 3.77. The number of carbonyl (C=O) groups is 1. The van der Waals surface area contributed by atoms with Gasteiger partial charge in [-0.05, 0) is 44.1 Å². The van der Waals surface area contributed by atoms with Crippen molar-refractivity contribution in [2.75, 3.05) is 13.1 Å². The summed E-state index contributed by atoms with van der Waals surface area (Å²) >= 11 is 1.19. The van der Waals surface area contributed by atoms with E-state index in [2.05, 4.69) is 19.7 Å². The topological polar surface area (TPSA) is 94.2 Å². The SMILES string of the molecule is Cc1noc(C2CCC3(CCN(C(=O)c4csnn4)CC3)O2)n1. The first-order valence-corrected chi connectivity index (χ1v) is 8.53. The number of hydrogen-bond donors (Lipinski definition) is 0. The molecule has 0 bridgehead atoms. The van der Waals surface area contributed by atoms with Gasteiger partial charge < -0.3 is 14.2 Å². The number of carbonyl (C=O) groups excluding carboxylic acids is 1. The van der Waals surface area contributed by atoms with Crippen LogP contribution in [-0.4, -0.2) is 49.2 Å². The number of aryl methyl sites for hydroxylation is 1. The number of nitrogens with zero attached hydrogens (tertiary/aromatic N) is 5. The number of rotatable bonds is 2. The molecule has 2 aromatic rings. The Balaban J connectivity index is 1.39. The molecular formula is C14H17N5O3S. The molecule has 1 atom stereocenters. The lowest BCUT2D eigenvalue weighted by Crippen LogP contribution is -2.46. The van der Waals surface area contributed by atoms with Crippen molar-refractivity contribution in [3.63, 3.8) is 0 Å². The summed E-state index contributed by atoms with van der Waals surface area (Å²) in [5.41, 5.74) is 0.252. The van der Waals surface area contributed by atoms with Gasteiger partial charge in [-0.2, -0.15) is 4.98 Å². The summed E-state index contributed by atoms with van der Waals surface area (Å²) in [5.74, 6) is 1.14. The van der Waals surface area contributed by atoms with Gasteiger partial charge in [0.1, 0.15) is 6.10 Å². The largest absolute Gasteiger partial charge is 0.362 e. The van der Waals surface area contributed by atoms with Gasteiger partial charge in [0.2, 0.25) is 0 Å². The van der Waals surface area contributed by atoms with Crippen molar-refractivity contribution in [3.05, 3.63) is 22.8 Å². The van der Waals surface area contributed by atoms with Crippen LogP contribution in [0.4, 0.5) is 0 Å². The number of ether oxygens (including phenoxy) is 1. The van der Waals surface area contributed by atoms with Crippen molar-refractivity contribution in [3.8, 4) is 0 Å². The Morgan fingerprint density at radius 1 is 1.39 bits per heavy atom. The van der Waals surface area contributed by atoms with Crippen LogP contribution in [0.25, 0.3) is 0 Å². The predicted molar refractivity (Wildman–Crippen MR) is 79.9 cm³/mol. The summed E-state index contributed by atoms with van der Waals surface area (Å²) < 4.78 is 15.2. The fraction of sp³-hybridized carbons (Fsp3) is 0.643. The molecule has 4 heterocycles. The molecule has 122 valence electrons. The van der Waals surface area contributed by atoms with E-state index in [4.69, 9.17) is 9.26 Å². The second kappa shape index (κ2) is 5.64. The Morgan fingerprint density at radius 2 is 2.22 bits per heavy atom. The summed E-state index contributed by atoms with van der Waals surface area (Å²) in [7, 11) is 0. The second-order valence-electron chi connectivity index (χ2n) is 6.09. The molecule has 0 N–H and O–H groups in total. The fourth-order valence-electron chi connectivity index (χ4n) is 3.34. The van der Waals surface area contributed by atoms with Gasteiger partial charge >= 0.3 is 0 Å². The third-order valence-corrected chi connectivity index (χ3v) is 5.12. The molecule has 0 saturated carbocycles. The van der Waals surface area contributed by atoms with Crippen LogP contribution in [0.5, 0.6) is 0 Å². The van der Waals surface area contributed by atoms with Gasteiger partial charge in [0.15, 0.2) is 11.5 Å². The highest BCUT2D eigenvalue weighted by atomic mass is 32.1. The molecule has 1 spiro atoms. The van der Waals surface area contributed by atoms with E-state index in [-0.39, 0.29) is 17.6 Å². The normalized spacial score (nSPS) is 23.5. The average molecular weight is 335 g/mol. The lowest BCUT2D eigenvalue weighted by atomic mass is 9.88. The molecule has 9 heteroatoms. The van der Waals surface area contributed by atoms with E-state index in [0.29, 0.717) is 30.5 Å². The maximum absolute atomic E-state index is 12.3. The van der Waals surface area contributed by atoms with Crippen LogP contribution >= 0.6 is 11.5 Å². The van der Waals surface area contributed by atoms with Crippen molar-refractivity contribution >= 4 is 17.4 Å². The van der Waals surface area contributed by atoms with Crippen LogP contribution in [0.1, 0.15) is 54.0 Å². The highest BCUT2D eigenvalue weighted by Crippen LogP contribution is 2.44. The molecule has 2 aromatic heterocycles. The van der Waals surface area contributed by atoms with Crippen LogP contribution in [0.3, 0.4) is 0 Å². The lowest BCUT2D eigenvalue weighted by molar-refractivity contribution is -0.0821. The molecule has 2 aliphatic heterocycles. The van der Waals surface area contributed by atoms with Crippen molar-refractivity contribution < 1.29 is 14.1 Å². The molecule has 0 radical (unpaired) electrons. The number of piperidine rings is 1. The Bertz CT molecular complexity index is 693. The van der Waals surface area contributed by atoms with E-state index in [9.17, 15) is 4.79 Å². The van der Waals surface area contributed by atoms with Gasteiger partial charge in [0, 0.05) is 18.5 Å². The van der Waals surface area contributed by atoms with Crippen LogP contribution in [0, 0.1) is 6.92 Å². The van der Waals surface area contributed by atoms with E-state index in [1.54, 1.807) is 12.3 Å². The van der Waals surface area contributed by atoms with E-state index < -0.39 is 0 Å². The Morgan fingerprint density at radius 3 is 2.87 bits per heavy atom. The molecule has 0 aromatic carbocycles. The maximum atomic E-state index is 12.3. The molecule has 2 aliphatic rings. The van der Waals surface area contributed by atoms with Gasteiger partial charge in [-0.1, -0.05) is 9.64 Å². The lowest BCUT2D eigenvalue weighted by Gasteiger charge is -2.38. The zero-order valence-electron chi connectivity index (χ0n) is 12.8. The van der Waals surface area contributed by atoms with Crippen LogP contribution in [-0.2, 0) is 4.74 Å². The molecule has 4 rings (SSSR count). The Hall–Kier alpha value is -1.87. The van der Waals surface area contributed by atoms with Crippen molar-refractivity contribution in [2.24, 2.45) is 0 Å². The number of hydrogen-bond acceptors (Lipinski definition) is 8. The molecular weight excluding hydrogens is 318 g/mol. The molecule has 1 amide bonds. The minimum absolute atomic E-state index is 0.0457. The predicted octanol–water partition coefficient (Wildman–Crippen LogP) is 1.76. The van der Waals surface area contributed by atoms with Crippen LogP contribution in [0.15, 0.2) is 9.90 Å². The van der Waals surface area contributed by atoms with E-state index in [1.807, 2.05) is 4.90 Å². The third-order valence-electron chi connectivity index (χ3n) is 4.61. The van der Waals surface area contributed by atoms with Gasteiger partial charge in [0.25, 0.3) is 11.8 Å². The maximum Gasteiger partial charge on any atom is 0.275 e. The standard InChI is InChI=1S/C14H17N5O3S/c1-9-15-12(22-17-9)11-2-3-14(21-11)4-6-19(7-5-14)13(20)10-8-23-18-16-10/h8,11H,2-7H2,1H3. The van der Waals surface area contributed by atoms with Crippen molar-refractivity contribution in [1.82, 2.24) is 24.6 Å². The minimum atomic E-state index is -0.176. The number of aromatic nitrogens is 4. The molecule has 0 aliphatic carbocycles. The first-order chi connectivity index (χ1) is 11.2. The van der Waals surface area contributed by atoms with Crippen molar-refractivity contribution in [2.45, 2.75) is 44.3 Å². The first-order valence-electron chi connectivity index (χ1n) is 7.70. The Kier molecular flexibility index (Phi) is 3.61. The zero-order chi connectivity index (χ0) is 15.9. The Labute approximate surface area is 137 Å². The molecule has 1 unspecified atom stereocenters. The van der Waals surface area contributed by atoms with Gasteiger partial charge in [-0.15, -0.1) is 5.10 Å². The van der Waals surface area contributed by atoms with Gasteiger partial charge in [-0.3, -0.25) is 4.79 Å². The third kappa shape index (κ3) is 2.74. The van der Waals surface area contributed by atoms with E-state index in [0.717, 1.165) is 25.7 Å². The smallest absolute Gasteiger partial charge is 0.275 e.